The quantitative estimate of drug-likeness (QED) is 0.665. The van der Waals surface area contributed by atoms with E-state index in [9.17, 15) is 9.59 Å². The number of ether oxygens (including phenoxy) is 1. The molecule has 2 heterocycles. The number of halogens is 1. The maximum Gasteiger partial charge on any atom is 0.282 e. The summed E-state index contributed by atoms with van der Waals surface area (Å²) in [6.45, 7) is 6.90. The summed E-state index contributed by atoms with van der Waals surface area (Å²) in [5.74, 6) is -0.0154. The Kier molecular flexibility index (Phi) is 6.03. The van der Waals surface area contributed by atoms with Gasteiger partial charge in [0.25, 0.3) is 11.8 Å². The highest BCUT2D eigenvalue weighted by atomic mass is 35.5. The normalized spacial score (nSPS) is 17.8. The standard InChI is InChI=1S/C24H26ClN3O3/c1-16(2)31-20-6-4-5-19(15-20)28-23(29)21(17-7-9-18(25)10-8-17)22(24(28)30)27-13-11-26(3)12-14-27/h4-10,15-16H,11-14H2,1-3H3. The third kappa shape index (κ3) is 4.31. The molecule has 0 bridgehead atoms. The molecule has 0 radical (unpaired) electrons. The van der Waals surface area contributed by atoms with Crippen molar-refractivity contribution in [1.29, 1.82) is 0 Å². The Labute approximate surface area is 187 Å². The molecule has 0 spiro atoms. The number of hydrogen-bond acceptors (Lipinski definition) is 5. The zero-order chi connectivity index (χ0) is 22.1. The lowest BCUT2D eigenvalue weighted by atomic mass is 10.0. The Morgan fingerprint density at radius 3 is 2.26 bits per heavy atom. The van der Waals surface area contributed by atoms with Crippen molar-refractivity contribution in [3.63, 3.8) is 0 Å². The average molecular weight is 440 g/mol. The van der Waals surface area contributed by atoms with Crippen LogP contribution in [-0.2, 0) is 9.59 Å². The van der Waals surface area contributed by atoms with Crippen molar-refractivity contribution in [2.45, 2.75) is 20.0 Å². The van der Waals surface area contributed by atoms with Crippen LogP contribution in [0.15, 0.2) is 54.2 Å². The van der Waals surface area contributed by atoms with Crippen LogP contribution in [0.25, 0.3) is 5.57 Å². The SMILES string of the molecule is CC(C)Oc1cccc(N2C(=O)C(c3ccc(Cl)cc3)=C(N3CCN(C)CC3)C2=O)c1. The van der Waals surface area contributed by atoms with Gasteiger partial charge in [0.15, 0.2) is 0 Å². The lowest BCUT2D eigenvalue weighted by Gasteiger charge is -2.34. The smallest absolute Gasteiger partial charge is 0.282 e. The van der Waals surface area contributed by atoms with Crippen molar-refractivity contribution in [2.75, 3.05) is 38.1 Å². The first-order valence-corrected chi connectivity index (χ1v) is 10.8. The molecule has 0 saturated carbocycles. The molecule has 7 heteroatoms. The molecule has 2 amide bonds. The van der Waals surface area contributed by atoms with Crippen molar-refractivity contribution in [1.82, 2.24) is 9.80 Å². The molecule has 0 aromatic heterocycles. The van der Waals surface area contributed by atoms with Crippen LogP contribution < -0.4 is 9.64 Å². The fourth-order valence-corrected chi connectivity index (χ4v) is 4.05. The van der Waals surface area contributed by atoms with Crippen LogP contribution in [0.5, 0.6) is 5.75 Å². The van der Waals surface area contributed by atoms with E-state index in [1.807, 2.05) is 24.8 Å². The highest BCUT2D eigenvalue weighted by molar-refractivity contribution is 6.45. The van der Waals surface area contributed by atoms with Crippen molar-refractivity contribution in [3.05, 3.63) is 64.8 Å². The van der Waals surface area contributed by atoms with Crippen LogP contribution in [0.2, 0.25) is 5.02 Å². The molecule has 0 atom stereocenters. The van der Waals surface area contributed by atoms with Gasteiger partial charge in [-0.3, -0.25) is 9.59 Å². The Hall–Kier alpha value is -2.83. The van der Waals surface area contributed by atoms with Gasteiger partial charge in [0.05, 0.1) is 17.4 Å². The number of carbonyl (C=O) groups excluding carboxylic acids is 2. The number of anilines is 1. The molecule has 0 N–H and O–H groups in total. The van der Waals surface area contributed by atoms with E-state index in [1.165, 1.54) is 4.90 Å². The fraction of sp³-hybridized carbons (Fsp3) is 0.333. The first-order valence-electron chi connectivity index (χ1n) is 10.4. The lowest BCUT2D eigenvalue weighted by molar-refractivity contribution is -0.120. The van der Waals surface area contributed by atoms with E-state index >= 15 is 0 Å². The van der Waals surface area contributed by atoms with Crippen LogP contribution in [0.1, 0.15) is 19.4 Å². The first-order chi connectivity index (χ1) is 14.8. The van der Waals surface area contributed by atoms with Crippen molar-refractivity contribution in [3.8, 4) is 5.75 Å². The number of nitrogens with zero attached hydrogens (tertiary/aromatic N) is 3. The van der Waals surface area contributed by atoms with Crippen molar-refractivity contribution in [2.24, 2.45) is 0 Å². The minimum atomic E-state index is -0.331. The van der Waals surface area contributed by atoms with E-state index in [1.54, 1.807) is 42.5 Å². The highest BCUT2D eigenvalue weighted by Gasteiger charge is 2.43. The topological polar surface area (TPSA) is 53.1 Å². The molecule has 162 valence electrons. The van der Waals surface area contributed by atoms with Gasteiger partial charge in [-0.1, -0.05) is 29.8 Å². The van der Waals surface area contributed by atoms with E-state index in [0.717, 1.165) is 13.1 Å². The molecule has 31 heavy (non-hydrogen) atoms. The van der Waals surface area contributed by atoms with Crippen molar-refractivity contribution >= 4 is 34.7 Å². The number of imide groups is 1. The molecular formula is C24H26ClN3O3. The minimum absolute atomic E-state index is 0.0103. The number of piperazine rings is 1. The van der Waals surface area contributed by atoms with Crippen LogP contribution in [0.3, 0.4) is 0 Å². The molecule has 4 rings (SSSR count). The average Bonchev–Trinajstić information content (AvgIpc) is 2.99. The second-order valence-electron chi connectivity index (χ2n) is 8.13. The van der Waals surface area contributed by atoms with Gasteiger partial charge in [-0.05, 0) is 50.7 Å². The summed E-state index contributed by atoms with van der Waals surface area (Å²) in [7, 11) is 2.06. The number of amides is 2. The predicted octanol–water partition coefficient (Wildman–Crippen LogP) is 3.66. The maximum atomic E-state index is 13.6. The number of rotatable bonds is 5. The third-order valence-corrected chi connectivity index (χ3v) is 5.71. The Morgan fingerprint density at radius 1 is 0.935 bits per heavy atom. The minimum Gasteiger partial charge on any atom is -0.491 e. The van der Waals surface area contributed by atoms with Gasteiger partial charge in [0.1, 0.15) is 11.4 Å². The van der Waals surface area contributed by atoms with Crippen molar-refractivity contribution < 1.29 is 14.3 Å². The van der Waals surface area contributed by atoms with Gasteiger partial charge in [-0.25, -0.2) is 4.90 Å². The Balaban J connectivity index is 1.76. The van der Waals surface area contributed by atoms with Gasteiger partial charge in [-0.15, -0.1) is 0 Å². The lowest BCUT2D eigenvalue weighted by Crippen LogP contribution is -2.46. The molecule has 2 aliphatic rings. The second-order valence-corrected chi connectivity index (χ2v) is 8.57. The van der Waals surface area contributed by atoms with E-state index in [2.05, 4.69) is 11.9 Å². The molecule has 1 saturated heterocycles. The molecule has 6 nitrogen and oxygen atoms in total. The van der Waals surface area contributed by atoms with Crippen LogP contribution in [0, 0.1) is 0 Å². The molecule has 2 aromatic carbocycles. The Morgan fingerprint density at radius 2 is 1.61 bits per heavy atom. The summed E-state index contributed by atoms with van der Waals surface area (Å²) >= 11 is 6.06. The number of benzene rings is 2. The highest BCUT2D eigenvalue weighted by Crippen LogP contribution is 2.36. The van der Waals surface area contributed by atoms with Crippen LogP contribution in [-0.4, -0.2) is 60.9 Å². The summed E-state index contributed by atoms with van der Waals surface area (Å²) < 4.78 is 5.77. The van der Waals surface area contributed by atoms with Gasteiger partial charge in [0.2, 0.25) is 0 Å². The van der Waals surface area contributed by atoms with Gasteiger partial charge >= 0.3 is 0 Å². The molecule has 2 aliphatic heterocycles. The largest absolute Gasteiger partial charge is 0.491 e. The number of likely N-dealkylation sites (N-methyl/N-ethyl adjacent to an activating group) is 1. The van der Waals surface area contributed by atoms with Crippen LogP contribution in [0.4, 0.5) is 5.69 Å². The van der Waals surface area contributed by atoms with Gasteiger partial charge in [0, 0.05) is 37.3 Å². The third-order valence-electron chi connectivity index (χ3n) is 5.46. The monoisotopic (exact) mass is 439 g/mol. The van der Waals surface area contributed by atoms with E-state index in [0.29, 0.717) is 46.4 Å². The number of hydrogen-bond donors (Lipinski definition) is 0. The van der Waals surface area contributed by atoms with Gasteiger partial charge < -0.3 is 14.5 Å². The van der Waals surface area contributed by atoms with Crippen LogP contribution >= 0.6 is 11.6 Å². The first kappa shape index (κ1) is 21.4. The zero-order valence-electron chi connectivity index (χ0n) is 18.0. The summed E-state index contributed by atoms with van der Waals surface area (Å²) in [5.41, 5.74) is 2.06. The fourth-order valence-electron chi connectivity index (χ4n) is 3.92. The summed E-state index contributed by atoms with van der Waals surface area (Å²) in [5, 5.41) is 0.581. The molecule has 2 aromatic rings. The van der Waals surface area contributed by atoms with E-state index in [4.69, 9.17) is 16.3 Å². The predicted molar refractivity (Wildman–Crippen MR) is 122 cm³/mol. The number of carbonyl (C=O) groups is 2. The summed E-state index contributed by atoms with van der Waals surface area (Å²) in [4.78, 5) is 32.7. The molecule has 1 fully saturated rings. The summed E-state index contributed by atoms with van der Waals surface area (Å²) in [6.07, 6.45) is -0.0103. The van der Waals surface area contributed by atoms with E-state index in [-0.39, 0.29) is 17.9 Å². The Bertz CT molecular complexity index is 1020. The zero-order valence-corrected chi connectivity index (χ0v) is 18.7. The maximum absolute atomic E-state index is 13.6. The van der Waals surface area contributed by atoms with Gasteiger partial charge in [-0.2, -0.15) is 0 Å². The second kappa shape index (κ2) is 8.73. The molecule has 0 aliphatic carbocycles. The molecular weight excluding hydrogens is 414 g/mol. The van der Waals surface area contributed by atoms with E-state index < -0.39 is 0 Å². The summed E-state index contributed by atoms with van der Waals surface area (Å²) in [6, 6.07) is 14.2. The molecule has 0 unspecified atom stereocenters.